The van der Waals surface area contributed by atoms with Gasteiger partial charge >= 0.3 is 0 Å². The lowest BCUT2D eigenvalue weighted by atomic mass is 10.1. The van der Waals surface area contributed by atoms with Crippen molar-refractivity contribution in [1.82, 2.24) is 5.32 Å². The molecule has 0 unspecified atom stereocenters. The van der Waals surface area contributed by atoms with Crippen LogP contribution in [-0.2, 0) is 4.74 Å². The van der Waals surface area contributed by atoms with Gasteiger partial charge in [-0.1, -0.05) is 11.6 Å². The van der Waals surface area contributed by atoms with E-state index in [1.807, 2.05) is 6.07 Å². The molecule has 4 nitrogen and oxygen atoms in total. The van der Waals surface area contributed by atoms with Gasteiger partial charge in [-0.2, -0.15) is 0 Å². The lowest BCUT2D eigenvalue weighted by Crippen LogP contribution is -2.34. The monoisotopic (exact) mass is 241 g/mol. The third-order valence-electron chi connectivity index (χ3n) is 2.79. The van der Waals surface area contributed by atoms with Gasteiger partial charge in [0.2, 0.25) is 6.79 Å². The molecule has 1 N–H and O–H groups in total. The Kier molecular flexibility index (Phi) is 2.63. The molecule has 0 amide bonds. The van der Waals surface area contributed by atoms with Crippen molar-refractivity contribution in [2.24, 2.45) is 0 Å². The Hall–Kier alpha value is -0.970. The molecule has 1 fully saturated rings. The maximum atomic E-state index is 6.21. The topological polar surface area (TPSA) is 39.7 Å². The fourth-order valence-electron chi connectivity index (χ4n) is 1.97. The van der Waals surface area contributed by atoms with Crippen molar-refractivity contribution in [2.75, 3.05) is 26.6 Å². The molecule has 1 aromatic carbocycles. The average molecular weight is 242 g/mol. The second kappa shape index (κ2) is 4.13. The lowest BCUT2D eigenvalue weighted by Gasteiger charge is -2.25. The smallest absolute Gasteiger partial charge is 0.231 e. The van der Waals surface area contributed by atoms with Gasteiger partial charge < -0.3 is 19.5 Å². The molecule has 0 radical (unpaired) electrons. The fourth-order valence-corrected chi connectivity index (χ4v) is 2.25. The van der Waals surface area contributed by atoms with E-state index >= 15 is 0 Å². The molecule has 0 aliphatic carbocycles. The van der Waals surface area contributed by atoms with Gasteiger partial charge in [-0.3, -0.25) is 0 Å². The number of benzene rings is 1. The first-order valence-electron chi connectivity index (χ1n) is 5.25. The van der Waals surface area contributed by atoms with Crippen molar-refractivity contribution >= 4 is 11.6 Å². The number of hydrogen-bond acceptors (Lipinski definition) is 4. The van der Waals surface area contributed by atoms with Crippen molar-refractivity contribution in [2.45, 2.75) is 6.04 Å². The number of fused-ring (bicyclic) bond motifs is 1. The summed E-state index contributed by atoms with van der Waals surface area (Å²) in [6.45, 7) is 2.50. The first kappa shape index (κ1) is 10.2. The predicted molar refractivity (Wildman–Crippen MR) is 59.1 cm³/mol. The van der Waals surface area contributed by atoms with Crippen LogP contribution in [0.1, 0.15) is 11.6 Å². The second-order valence-corrected chi connectivity index (χ2v) is 4.22. The minimum Gasteiger partial charge on any atom is -0.454 e. The van der Waals surface area contributed by atoms with Crippen LogP contribution in [0.25, 0.3) is 0 Å². The highest BCUT2D eigenvalue weighted by molar-refractivity contribution is 6.31. The van der Waals surface area contributed by atoms with E-state index in [0.717, 1.165) is 24.5 Å². The Morgan fingerprint density at radius 2 is 2.06 bits per heavy atom. The summed E-state index contributed by atoms with van der Waals surface area (Å²) >= 11 is 6.21. The number of ether oxygens (including phenoxy) is 3. The van der Waals surface area contributed by atoms with Crippen molar-refractivity contribution in [1.29, 1.82) is 0 Å². The fraction of sp³-hybridized carbons (Fsp3) is 0.455. The summed E-state index contributed by atoms with van der Waals surface area (Å²) in [5.41, 5.74) is 1.01. The first-order valence-corrected chi connectivity index (χ1v) is 5.62. The maximum Gasteiger partial charge on any atom is 0.231 e. The molecule has 1 atom stereocenters. The molecule has 1 aromatic rings. The molecular formula is C11H12ClNO3. The zero-order valence-corrected chi connectivity index (χ0v) is 9.42. The molecule has 0 aromatic heterocycles. The molecule has 16 heavy (non-hydrogen) atoms. The Balaban J connectivity index is 1.94. The minimum atomic E-state index is 0.135. The van der Waals surface area contributed by atoms with Crippen LogP contribution in [0.3, 0.4) is 0 Å². The van der Waals surface area contributed by atoms with E-state index in [1.165, 1.54) is 0 Å². The number of hydrogen-bond donors (Lipinski definition) is 1. The third kappa shape index (κ3) is 1.73. The van der Waals surface area contributed by atoms with Crippen molar-refractivity contribution in [3.8, 4) is 11.5 Å². The normalized spacial score (nSPS) is 23.4. The second-order valence-electron chi connectivity index (χ2n) is 3.81. The number of rotatable bonds is 1. The quantitative estimate of drug-likeness (QED) is 0.813. The van der Waals surface area contributed by atoms with Gasteiger partial charge in [-0.05, 0) is 11.6 Å². The molecule has 2 aliphatic rings. The third-order valence-corrected chi connectivity index (χ3v) is 3.12. The van der Waals surface area contributed by atoms with Crippen LogP contribution >= 0.6 is 11.6 Å². The molecule has 1 saturated heterocycles. The van der Waals surface area contributed by atoms with Crippen molar-refractivity contribution in [3.63, 3.8) is 0 Å². The van der Waals surface area contributed by atoms with E-state index in [0.29, 0.717) is 17.4 Å². The number of halogens is 1. The van der Waals surface area contributed by atoms with Gasteiger partial charge in [-0.15, -0.1) is 0 Å². The highest BCUT2D eigenvalue weighted by atomic mass is 35.5. The zero-order chi connectivity index (χ0) is 11.0. The van der Waals surface area contributed by atoms with E-state index in [9.17, 15) is 0 Å². The van der Waals surface area contributed by atoms with Crippen LogP contribution in [0.4, 0.5) is 0 Å². The van der Waals surface area contributed by atoms with Crippen molar-refractivity contribution < 1.29 is 14.2 Å². The zero-order valence-electron chi connectivity index (χ0n) is 8.66. The minimum absolute atomic E-state index is 0.135. The summed E-state index contributed by atoms with van der Waals surface area (Å²) in [5, 5.41) is 4.05. The summed E-state index contributed by atoms with van der Waals surface area (Å²) in [5.74, 6) is 1.47. The molecule has 5 heteroatoms. The lowest BCUT2D eigenvalue weighted by molar-refractivity contribution is 0.0768. The van der Waals surface area contributed by atoms with E-state index in [1.54, 1.807) is 6.07 Å². The average Bonchev–Trinajstić information content (AvgIpc) is 2.76. The molecule has 0 saturated carbocycles. The van der Waals surface area contributed by atoms with Gasteiger partial charge in [0.1, 0.15) is 0 Å². The summed E-state index contributed by atoms with van der Waals surface area (Å²) in [4.78, 5) is 0. The van der Waals surface area contributed by atoms with Crippen LogP contribution < -0.4 is 14.8 Å². The van der Waals surface area contributed by atoms with Gasteiger partial charge in [0.25, 0.3) is 0 Å². The molecule has 2 heterocycles. The maximum absolute atomic E-state index is 6.21. The summed E-state index contributed by atoms with van der Waals surface area (Å²) in [6, 6.07) is 3.86. The predicted octanol–water partition coefficient (Wildman–Crippen LogP) is 1.73. The van der Waals surface area contributed by atoms with Gasteiger partial charge in [0, 0.05) is 17.6 Å². The molecule has 3 rings (SSSR count). The summed E-state index contributed by atoms with van der Waals surface area (Å²) in [6.07, 6.45) is 0. The Morgan fingerprint density at radius 3 is 2.81 bits per heavy atom. The van der Waals surface area contributed by atoms with E-state index < -0.39 is 0 Å². The van der Waals surface area contributed by atoms with Gasteiger partial charge in [-0.25, -0.2) is 0 Å². The summed E-state index contributed by atoms with van der Waals surface area (Å²) < 4.78 is 16.0. The van der Waals surface area contributed by atoms with Crippen LogP contribution in [0.2, 0.25) is 5.02 Å². The van der Waals surface area contributed by atoms with E-state index in [-0.39, 0.29) is 12.8 Å². The van der Waals surface area contributed by atoms with Gasteiger partial charge in [0.15, 0.2) is 11.5 Å². The molecule has 2 aliphatic heterocycles. The van der Waals surface area contributed by atoms with E-state index in [2.05, 4.69) is 5.32 Å². The first-order chi connectivity index (χ1) is 7.84. The molecule has 0 bridgehead atoms. The number of nitrogens with one attached hydrogen (secondary N) is 1. The van der Waals surface area contributed by atoms with Crippen LogP contribution in [-0.4, -0.2) is 26.6 Å². The van der Waals surface area contributed by atoms with Crippen LogP contribution in [0.5, 0.6) is 11.5 Å². The standard InChI is InChI=1S/C11H12ClNO3/c12-8-4-11-10(15-6-16-11)3-7(8)9-5-14-2-1-13-9/h3-4,9,13H,1-2,5-6H2/t9-/m0/s1. The molecule has 86 valence electrons. The SMILES string of the molecule is Clc1cc2c(cc1[C@@H]1COCCN1)OCO2. The summed E-state index contributed by atoms with van der Waals surface area (Å²) in [7, 11) is 0. The Labute approximate surface area is 98.4 Å². The van der Waals surface area contributed by atoms with Crippen LogP contribution in [0, 0.1) is 0 Å². The van der Waals surface area contributed by atoms with Crippen LogP contribution in [0.15, 0.2) is 12.1 Å². The Bertz CT molecular complexity index is 404. The Morgan fingerprint density at radius 1 is 1.25 bits per heavy atom. The highest BCUT2D eigenvalue weighted by Gasteiger charge is 2.22. The largest absolute Gasteiger partial charge is 0.454 e. The van der Waals surface area contributed by atoms with Gasteiger partial charge in [0.05, 0.1) is 19.3 Å². The highest BCUT2D eigenvalue weighted by Crippen LogP contribution is 2.39. The molecule has 0 spiro atoms. The number of morpholine rings is 1. The molecular weight excluding hydrogens is 230 g/mol. The van der Waals surface area contributed by atoms with Crippen molar-refractivity contribution in [3.05, 3.63) is 22.7 Å². The van der Waals surface area contributed by atoms with E-state index in [4.69, 9.17) is 25.8 Å².